The summed E-state index contributed by atoms with van der Waals surface area (Å²) in [6, 6.07) is 0. The molecule has 0 unspecified atom stereocenters. The van der Waals surface area contributed by atoms with Crippen LogP contribution < -0.4 is 0 Å². The normalized spacial score (nSPS) is 18.6. The molecule has 0 aliphatic carbocycles. The minimum atomic E-state index is -5.75. The number of hydrogen-bond acceptors (Lipinski definition) is 3. The summed E-state index contributed by atoms with van der Waals surface area (Å²) in [5, 5.41) is 8.37. The molecule has 0 spiro atoms. The number of aliphatic carboxylic acids is 1. The zero-order chi connectivity index (χ0) is 16.6. The van der Waals surface area contributed by atoms with Crippen molar-refractivity contribution in [1.82, 2.24) is 4.90 Å². The highest BCUT2D eigenvalue weighted by molar-refractivity contribution is 5.81. The Morgan fingerprint density at radius 3 is 1.95 bits per heavy atom. The average Bonchev–Trinajstić information content (AvgIpc) is 2.17. The molecule has 1 saturated heterocycles. The van der Waals surface area contributed by atoms with Crippen LogP contribution >= 0.6 is 0 Å². The van der Waals surface area contributed by atoms with Crippen molar-refractivity contribution in [1.29, 1.82) is 0 Å². The number of carbonyl (C=O) groups excluding carboxylic acids is 1. The van der Waals surface area contributed by atoms with Crippen LogP contribution in [0.15, 0.2) is 0 Å². The number of rotatable bonds is 4. The SMILES string of the molecule is CC1(OCC(=O)O)CN(C(=O)C(C(F)(F)F)C(F)(F)F)C1. The van der Waals surface area contributed by atoms with E-state index in [0.29, 0.717) is 4.90 Å². The van der Waals surface area contributed by atoms with Gasteiger partial charge in [0.25, 0.3) is 0 Å². The summed E-state index contributed by atoms with van der Waals surface area (Å²) in [5.41, 5.74) is -1.27. The van der Waals surface area contributed by atoms with Gasteiger partial charge in [0.1, 0.15) is 12.2 Å². The summed E-state index contributed by atoms with van der Waals surface area (Å²) in [7, 11) is 0. The highest BCUT2D eigenvalue weighted by atomic mass is 19.4. The van der Waals surface area contributed by atoms with Gasteiger partial charge in [-0.3, -0.25) is 4.79 Å². The minimum Gasteiger partial charge on any atom is -0.480 e. The fraction of sp³-hybridized carbons (Fsp3) is 0.800. The zero-order valence-corrected chi connectivity index (χ0v) is 10.6. The first-order chi connectivity index (χ1) is 9.26. The number of carbonyl (C=O) groups is 2. The third kappa shape index (κ3) is 4.22. The maximum Gasteiger partial charge on any atom is 0.409 e. The number of amides is 1. The van der Waals surface area contributed by atoms with Crippen molar-refractivity contribution in [2.75, 3.05) is 19.7 Å². The summed E-state index contributed by atoms with van der Waals surface area (Å²) < 4.78 is 78.9. The minimum absolute atomic E-state index is 0.341. The van der Waals surface area contributed by atoms with Gasteiger partial charge in [0.05, 0.1) is 13.1 Å². The summed E-state index contributed by atoms with van der Waals surface area (Å²) in [6.07, 6.45) is -11.5. The molecule has 1 aliphatic heterocycles. The van der Waals surface area contributed by atoms with Gasteiger partial charge in [0, 0.05) is 0 Å². The van der Waals surface area contributed by atoms with Crippen LogP contribution in [0.25, 0.3) is 0 Å². The second kappa shape index (κ2) is 5.35. The lowest BCUT2D eigenvalue weighted by Gasteiger charge is -2.48. The zero-order valence-electron chi connectivity index (χ0n) is 10.6. The number of likely N-dealkylation sites (tertiary alicyclic amines) is 1. The van der Waals surface area contributed by atoms with Gasteiger partial charge < -0.3 is 14.7 Å². The Kier molecular flexibility index (Phi) is 4.47. The van der Waals surface area contributed by atoms with E-state index in [4.69, 9.17) is 9.84 Å². The highest BCUT2D eigenvalue weighted by Crippen LogP contribution is 2.42. The van der Waals surface area contributed by atoms with Crippen LogP contribution in [0.5, 0.6) is 0 Å². The summed E-state index contributed by atoms with van der Waals surface area (Å²) in [5.74, 6) is -7.55. The quantitative estimate of drug-likeness (QED) is 0.795. The van der Waals surface area contributed by atoms with Crippen molar-refractivity contribution in [3.63, 3.8) is 0 Å². The van der Waals surface area contributed by atoms with Crippen molar-refractivity contribution in [2.45, 2.75) is 24.9 Å². The van der Waals surface area contributed by atoms with Crippen molar-refractivity contribution >= 4 is 11.9 Å². The Balaban J connectivity index is 2.71. The van der Waals surface area contributed by atoms with Gasteiger partial charge >= 0.3 is 18.3 Å². The second-order valence-electron chi connectivity index (χ2n) is 4.84. The third-order valence-corrected chi connectivity index (χ3v) is 2.81. The van der Waals surface area contributed by atoms with Gasteiger partial charge in [0.15, 0.2) is 0 Å². The highest BCUT2D eigenvalue weighted by Gasteiger charge is 2.63. The van der Waals surface area contributed by atoms with E-state index in [0.717, 1.165) is 0 Å². The molecule has 1 fully saturated rings. The first kappa shape index (κ1) is 17.5. The smallest absolute Gasteiger partial charge is 0.409 e. The van der Waals surface area contributed by atoms with Gasteiger partial charge in [-0.2, -0.15) is 26.3 Å². The predicted molar refractivity (Wildman–Crippen MR) is 54.2 cm³/mol. The molecule has 0 aromatic rings. The van der Waals surface area contributed by atoms with Crippen LogP contribution in [0.1, 0.15) is 6.92 Å². The molecule has 0 aromatic heterocycles. The van der Waals surface area contributed by atoms with E-state index in [9.17, 15) is 35.9 Å². The standard InChI is InChI=1S/C10H11F6NO4/c1-8(21-2-5(18)19)3-17(4-8)7(20)6(9(11,12)13)10(14,15)16/h6H,2-4H2,1H3,(H,18,19). The summed E-state index contributed by atoms with van der Waals surface area (Å²) in [6.45, 7) is -0.556. The third-order valence-electron chi connectivity index (χ3n) is 2.81. The van der Waals surface area contributed by atoms with Crippen LogP contribution in [0.3, 0.4) is 0 Å². The van der Waals surface area contributed by atoms with Gasteiger partial charge in [-0.05, 0) is 6.92 Å². The van der Waals surface area contributed by atoms with Gasteiger partial charge in [-0.25, -0.2) is 4.79 Å². The molecule has 1 aliphatic rings. The Labute approximate surface area is 114 Å². The molecule has 5 nitrogen and oxygen atoms in total. The largest absolute Gasteiger partial charge is 0.480 e. The monoisotopic (exact) mass is 323 g/mol. The Morgan fingerprint density at radius 2 is 1.62 bits per heavy atom. The number of halogens is 6. The molecule has 1 rings (SSSR count). The first-order valence-electron chi connectivity index (χ1n) is 5.54. The molecule has 0 aromatic carbocycles. The molecule has 21 heavy (non-hydrogen) atoms. The molecular weight excluding hydrogens is 312 g/mol. The number of ether oxygens (including phenoxy) is 1. The molecule has 0 saturated carbocycles. The number of alkyl halides is 6. The van der Waals surface area contributed by atoms with E-state index in [2.05, 4.69) is 0 Å². The fourth-order valence-corrected chi connectivity index (χ4v) is 1.89. The van der Waals surface area contributed by atoms with Crippen LogP contribution in [-0.2, 0) is 14.3 Å². The van der Waals surface area contributed by atoms with Crippen LogP contribution in [-0.4, -0.2) is 59.5 Å². The first-order valence-corrected chi connectivity index (χ1v) is 5.54. The number of hydrogen-bond donors (Lipinski definition) is 1. The van der Waals surface area contributed by atoms with E-state index in [-0.39, 0.29) is 0 Å². The molecule has 11 heteroatoms. The van der Waals surface area contributed by atoms with E-state index in [1.54, 1.807) is 0 Å². The molecule has 1 heterocycles. The van der Waals surface area contributed by atoms with E-state index < -0.39 is 55.4 Å². The molecular formula is C10H11F6NO4. The topological polar surface area (TPSA) is 66.8 Å². The molecule has 0 radical (unpaired) electrons. The molecule has 122 valence electrons. The van der Waals surface area contributed by atoms with Crippen LogP contribution in [0.2, 0.25) is 0 Å². The van der Waals surface area contributed by atoms with Gasteiger partial charge in [-0.1, -0.05) is 0 Å². The van der Waals surface area contributed by atoms with Crippen LogP contribution in [0.4, 0.5) is 26.3 Å². The molecule has 0 atom stereocenters. The average molecular weight is 323 g/mol. The summed E-state index contributed by atoms with van der Waals surface area (Å²) in [4.78, 5) is 22.0. The Morgan fingerprint density at radius 1 is 1.19 bits per heavy atom. The number of nitrogens with zero attached hydrogens (tertiary/aromatic N) is 1. The van der Waals surface area contributed by atoms with E-state index in [1.807, 2.05) is 0 Å². The van der Waals surface area contributed by atoms with Crippen LogP contribution in [0, 0.1) is 5.92 Å². The lowest BCUT2D eigenvalue weighted by Crippen LogP contribution is -2.66. The second-order valence-corrected chi connectivity index (χ2v) is 4.84. The number of carboxylic acids is 1. The fourth-order valence-electron chi connectivity index (χ4n) is 1.89. The Hall–Kier alpha value is -1.52. The predicted octanol–water partition coefficient (Wildman–Crippen LogP) is 1.43. The lowest BCUT2D eigenvalue weighted by atomic mass is 9.93. The van der Waals surface area contributed by atoms with Crippen molar-refractivity contribution in [3.05, 3.63) is 0 Å². The summed E-state index contributed by atoms with van der Waals surface area (Å²) >= 11 is 0. The van der Waals surface area contributed by atoms with Crippen molar-refractivity contribution in [3.8, 4) is 0 Å². The van der Waals surface area contributed by atoms with Crippen molar-refractivity contribution < 1.29 is 45.8 Å². The maximum atomic E-state index is 12.4. The Bertz CT molecular complexity index is 412. The molecule has 0 bridgehead atoms. The van der Waals surface area contributed by atoms with Gasteiger partial charge in [-0.15, -0.1) is 0 Å². The number of carboxylic acid groups (broad SMARTS) is 1. The maximum absolute atomic E-state index is 12.4. The van der Waals surface area contributed by atoms with Crippen molar-refractivity contribution in [2.24, 2.45) is 5.92 Å². The van der Waals surface area contributed by atoms with E-state index in [1.165, 1.54) is 6.92 Å². The van der Waals surface area contributed by atoms with Gasteiger partial charge in [0.2, 0.25) is 11.8 Å². The van der Waals surface area contributed by atoms with E-state index >= 15 is 0 Å². The molecule has 1 N–H and O–H groups in total. The lowest BCUT2D eigenvalue weighted by molar-refractivity contribution is -0.281. The molecule has 1 amide bonds.